The third-order valence-corrected chi connectivity index (χ3v) is 5.49. The highest BCUT2D eigenvalue weighted by Crippen LogP contribution is 2.59. The third kappa shape index (κ3) is 3.86. The zero-order chi connectivity index (χ0) is 15.5. The van der Waals surface area contributed by atoms with E-state index in [1.165, 1.54) is 18.4 Å². The van der Waals surface area contributed by atoms with Gasteiger partial charge in [0.05, 0.1) is 25.9 Å². The summed E-state index contributed by atoms with van der Waals surface area (Å²) in [6.07, 6.45) is 4.36. The molecule has 1 saturated carbocycles. The van der Waals surface area contributed by atoms with E-state index in [0.29, 0.717) is 37.6 Å². The van der Waals surface area contributed by atoms with Crippen LogP contribution < -0.4 is 0 Å². The maximum absolute atomic E-state index is 10.0. The topological polar surface area (TPSA) is 52.9 Å². The number of hydrogen-bond acceptors (Lipinski definition) is 4. The monoisotopic (exact) mass is 297 g/mol. The highest BCUT2D eigenvalue weighted by atomic mass is 16.5. The number of aliphatic hydroxyl groups is 2. The molecule has 0 amide bonds. The molecule has 2 N–H and O–H groups in total. The van der Waals surface area contributed by atoms with Crippen LogP contribution in [0.1, 0.15) is 33.6 Å². The van der Waals surface area contributed by atoms with Crippen LogP contribution >= 0.6 is 0 Å². The lowest BCUT2D eigenvalue weighted by Crippen LogP contribution is -2.48. The predicted molar refractivity (Wildman–Crippen MR) is 84.1 cm³/mol. The predicted octanol–water partition coefficient (Wildman–Crippen LogP) is 1.67. The SMILES string of the molecule is CCN(CCO)CC(O)COCC1=CCC2CC1C2(C)C. The Morgan fingerprint density at radius 2 is 2.24 bits per heavy atom. The second kappa shape index (κ2) is 7.23. The van der Waals surface area contributed by atoms with E-state index >= 15 is 0 Å². The zero-order valence-electron chi connectivity index (χ0n) is 13.7. The molecule has 4 heteroatoms. The zero-order valence-corrected chi connectivity index (χ0v) is 13.7. The first-order valence-electron chi connectivity index (χ1n) is 8.27. The maximum Gasteiger partial charge on any atom is 0.0900 e. The number of fused-ring (bicyclic) bond motifs is 1. The Balaban J connectivity index is 1.69. The molecule has 3 rings (SSSR count). The average molecular weight is 297 g/mol. The quantitative estimate of drug-likeness (QED) is 0.636. The first-order chi connectivity index (χ1) is 9.98. The minimum atomic E-state index is -0.483. The molecule has 0 heterocycles. The smallest absolute Gasteiger partial charge is 0.0900 e. The molecule has 0 aliphatic heterocycles. The Morgan fingerprint density at radius 3 is 2.81 bits per heavy atom. The molecule has 0 saturated heterocycles. The van der Waals surface area contributed by atoms with Crippen LogP contribution in [0.5, 0.6) is 0 Å². The van der Waals surface area contributed by atoms with Gasteiger partial charge in [-0.2, -0.15) is 0 Å². The van der Waals surface area contributed by atoms with E-state index in [0.717, 1.165) is 12.5 Å². The standard InChI is InChI=1S/C17H31NO3/c1-4-18(7-8-19)10-15(20)12-21-11-13-5-6-14-9-16(13)17(14,2)3/h5,14-16,19-20H,4,6-12H2,1-3H3. The number of nitrogens with zero attached hydrogens (tertiary/aromatic N) is 1. The van der Waals surface area contributed by atoms with Gasteiger partial charge in [0.15, 0.2) is 0 Å². The van der Waals surface area contributed by atoms with E-state index in [1.54, 1.807) is 0 Å². The van der Waals surface area contributed by atoms with Crippen LogP contribution in [0.2, 0.25) is 0 Å². The van der Waals surface area contributed by atoms with E-state index in [-0.39, 0.29) is 6.61 Å². The summed E-state index contributed by atoms with van der Waals surface area (Å²) in [6.45, 7) is 9.92. The molecule has 3 aliphatic rings. The van der Waals surface area contributed by atoms with Crippen molar-refractivity contribution in [3.8, 4) is 0 Å². The number of ether oxygens (including phenoxy) is 1. The summed E-state index contributed by atoms with van der Waals surface area (Å²) in [5, 5.41) is 19.0. The van der Waals surface area contributed by atoms with Gasteiger partial charge in [-0.3, -0.25) is 4.90 Å². The number of likely N-dealkylation sites (N-methyl/N-ethyl adjacent to an activating group) is 1. The summed E-state index contributed by atoms with van der Waals surface area (Å²) < 4.78 is 5.74. The second-order valence-electron chi connectivity index (χ2n) is 7.11. The second-order valence-corrected chi connectivity index (χ2v) is 7.11. The highest BCUT2D eigenvalue weighted by Gasteiger charge is 2.50. The van der Waals surface area contributed by atoms with Gasteiger partial charge in [0.2, 0.25) is 0 Å². The minimum Gasteiger partial charge on any atom is -0.395 e. The van der Waals surface area contributed by atoms with Crippen molar-refractivity contribution >= 4 is 0 Å². The fourth-order valence-corrected chi connectivity index (χ4v) is 3.82. The molecule has 2 bridgehead atoms. The summed E-state index contributed by atoms with van der Waals surface area (Å²) in [5.74, 6) is 1.53. The largest absolute Gasteiger partial charge is 0.395 e. The van der Waals surface area contributed by atoms with Crippen LogP contribution in [0.15, 0.2) is 11.6 Å². The molecule has 0 spiro atoms. The van der Waals surface area contributed by atoms with E-state index < -0.39 is 6.10 Å². The molecule has 3 unspecified atom stereocenters. The first-order valence-corrected chi connectivity index (χ1v) is 8.27. The van der Waals surface area contributed by atoms with Crippen molar-refractivity contribution in [1.82, 2.24) is 4.90 Å². The van der Waals surface area contributed by atoms with Gasteiger partial charge in [-0.05, 0) is 42.2 Å². The molecule has 0 aromatic heterocycles. The fourth-order valence-electron chi connectivity index (χ4n) is 3.82. The molecule has 0 radical (unpaired) electrons. The van der Waals surface area contributed by atoms with E-state index in [1.807, 2.05) is 11.8 Å². The van der Waals surface area contributed by atoms with Gasteiger partial charge in [-0.1, -0.05) is 26.8 Å². The van der Waals surface area contributed by atoms with Crippen LogP contribution in [0, 0.1) is 17.3 Å². The normalized spacial score (nSPS) is 28.2. The van der Waals surface area contributed by atoms with Crippen molar-refractivity contribution in [2.75, 3.05) is 39.5 Å². The Hall–Kier alpha value is -0.420. The Labute approximate surface area is 128 Å². The van der Waals surface area contributed by atoms with Gasteiger partial charge in [-0.25, -0.2) is 0 Å². The van der Waals surface area contributed by atoms with Gasteiger partial charge in [-0.15, -0.1) is 0 Å². The molecule has 1 fully saturated rings. The van der Waals surface area contributed by atoms with Gasteiger partial charge in [0.25, 0.3) is 0 Å². The van der Waals surface area contributed by atoms with Crippen LogP contribution in [-0.2, 0) is 4.74 Å². The number of aliphatic hydroxyl groups excluding tert-OH is 2. The van der Waals surface area contributed by atoms with Gasteiger partial charge in [0.1, 0.15) is 0 Å². The Kier molecular flexibility index (Phi) is 5.83. The van der Waals surface area contributed by atoms with Gasteiger partial charge in [0, 0.05) is 13.1 Å². The molecule has 122 valence electrons. The van der Waals surface area contributed by atoms with Gasteiger partial charge >= 0.3 is 0 Å². The number of allylic oxidation sites excluding steroid dienone is 1. The molecular formula is C17H31NO3. The highest BCUT2D eigenvalue weighted by molar-refractivity contribution is 5.23. The summed E-state index contributed by atoms with van der Waals surface area (Å²) in [4.78, 5) is 2.04. The lowest BCUT2D eigenvalue weighted by atomic mass is 9.49. The lowest BCUT2D eigenvalue weighted by molar-refractivity contribution is -0.0263. The molecule has 21 heavy (non-hydrogen) atoms. The molecule has 0 aromatic rings. The Morgan fingerprint density at radius 1 is 1.48 bits per heavy atom. The van der Waals surface area contributed by atoms with Crippen molar-refractivity contribution < 1.29 is 14.9 Å². The summed E-state index contributed by atoms with van der Waals surface area (Å²) in [7, 11) is 0. The van der Waals surface area contributed by atoms with E-state index in [9.17, 15) is 5.11 Å². The number of rotatable bonds is 9. The van der Waals surface area contributed by atoms with Crippen molar-refractivity contribution in [3.63, 3.8) is 0 Å². The van der Waals surface area contributed by atoms with Crippen LogP contribution in [-0.4, -0.2) is 60.7 Å². The molecule has 4 nitrogen and oxygen atoms in total. The Bertz CT molecular complexity index is 367. The third-order valence-electron chi connectivity index (χ3n) is 5.49. The molecular weight excluding hydrogens is 266 g/mol. The minimum absolute atomic E-state index is 0.131. The van der Waals surface area contributed by atoms with Crippen molar-refractivity contribution in [1.29, 1.82) is 0 Å². The summed E-state index contributed by atoms with van der Waals surface area (Å²) in [6, 6.07) is 0. The maximum atomic E-state index is 10.0. The van der Waals surface area contributed by atoms with E-state index in [2.05, 4.69) is 19.9 Å². The van der Waals surface area contributed by atoms with Crippen molar-refractivity contribution in [2.24, 2.45) is 17.3 Å². The molecule has 3 aliphatic carbocycles. The van der Waals surface area contributed by atoms with Crippen LogP contribution in [0.3, 0.4) is 0 Å². The van der Waals surface area contributed by atoms with Crippen LogP contribution in [0.25, 0.3) is 0 Å². The fraction of sp³-hybridized carbons (Fsp3) is 0.882. The average Bonchev–Trinajstić information content (AvgIpc) is 2.46. The number of hydrogen-bond donors (Lipinski definition) is 2. The van der Waals surface area contributed by atoms with Crippen LogP contribution in [0.4, 0.5) is 0 Å². The van der Waals surface area contributed by atoms with Crippen molar-refractivity contribution in [2.45, 2.75) is 39.7 Å². The van der Waals surface area contributed by atoms with Crippen molar-refractivity contribution in [3.05, 3.63) is 11.6 Å². The van der Waals surface area contributed by atoms with E-state index in [4.69, 9.17) is 9.84 Å². The molecule has 0 aromatic carbocycles. The summed E-state index contributed by atoms with van der Waals surface area (Å²) in [5.41, 5.74) is 1.86. The summed E-state index contributed by atoms with van der Waals surface area (Å²) >= 11 is 0. The lowest BCUT2D eigenvalue weighted by Gasteiger charge is -2.56. The van der Waals surface area contributed by atoms with Gasteiger partial charge < -0.3 is 14.9 Å². The molecule has 3 atom stereocenters. The first kappa shape index (κ1) is 16.9.